The number of azide groups is 1. The molecule has 0 bridgehead atoms. The van der Waals surface area contributed by atoms with Crippen LogP contribution in [-0.4, -0.2) is 67.6 Å². The van der Waals surface area contributed by atoms with Crippen LogP contribution in [0.5, 0.6) is 0 Å². The molecule has 0 spiro atoms. The molecule has 0 aromatic heterocycles. The van der Waals surface area contributed by atoms with Crippen LogP contribution in [-0.2, 0) is 28.7 Å². The van der Waals surface area contributed by atoms with E-state index in [1.807, 2.05) is 20.8 Å². The number of rotatable bonds is 17. The number of carboxylic acids is 1. The second-order valence-corrected chi connectivity index (χ2v) is 7.68. The second-order valence-electron chi connectivity index (χ2n) is 7.68. The topological polar surface area (TPSA) is 168 Å². The van der Waals surface area contributed by atoms with Crippen molar-refractivity contribution in [3.8, 4) is 0 Å². The first-order chi connectivity index (χ1) is 14.1. The molecule has 1 amide bonds. The summed E-state index contributed by atoms with van der Waals surface area (Å²) in [5.74, 6) is -1.89. The maximum absolute atomic E-state index is 11.9. The number of carboxylic acid groups (broad SMARTS) is 1. The van der Waals surface area contributed by atoms with E-state index >= 15 is 0 Å². The molecule has 1 atom stereocenters. The van der Waals surface area contributed by atoms with Crippen LogP contribution >= 0.6 is 0 Å². The number of carbonyl (C=O) groups is 4. The normalized spacial score (nSPS) is 12.0. The molecule has 0 radical (unpaired) electrons. The fourth-order valence-electron chi connectivity index (χ4n) is 2.12. The van der Waals surface area contributed by atoms with Gasteiger partial charge in [0.25, 0.3) is 0 Å². The van der Waals surface area contributed by atoms with Gasteiger partial charge in [-0.05, 0) is 18.4 Å². The third kappa shape index (κ3) is 14.5. The lowest BCUT2D eigenvalue weighted by Gasteiger charge is -2.16. The maximum atomic E-state index is 11.9. The van der Waals surface area contributed by atoms with Gasteiger partial charge in [0, 0.05) is 42.7 Å². The fraction of sp³-hybridized carbons (Fsp3) is 0.789. The SMILES string of the molecule is CC(C)(C)C(=O)COCCOCCCC(=O)CC[C@@H](NC(=O)CCN=[N+]=[N-])C(=O)O. The van der Waals surface area contributed by atoms with Crippen LogP contribution < -0.4 is 5.32 Å². The van der Waals surface area contributed by atoms with Crippen LogP contribution in [0.25, 0.3) is 10.4 Å². The van der Waals surface area contributed by atoms with Gasteiger partial charge in [-0.1, -0.05) is 25.9 Å². The summed E-state index contributed by atoms with van der Waals surface area (Å²) in [4.78, 5) is 48.9. The molecule has 2 N–H and O–H groups in total. The van der Waals surface area contributed by atoms with Crippen molar-refractivity contribution < 1.29 is 33.8 Å². The van der Waals surface area contributed by atoms with Crippen LogP contribution in [0.3, 0.4) is 0 Å². The molecule has 0 saturated heterocycles. The quantitative estimate of drug-likeness (QED) is 0.155. The minimum atomic E-state index is -1.23. The van der Waals surface area contributed by atoms with Crippen LogP contribution in [0.2, 0.25) is 0 Å². The van der Waals surface area contributed by atoms with Gasteiger partial charge in [0.2, 0.25) is 5.91 Å². The Labute approximate surface area is 176 Å². The number of nitrogens with one attached hydrogen (secondary N) is 1. The number of Topliss-reactive ketones (excluding diaryl/α,β-unsaturated/α-hetero) is 2. The van der Waals surface area contributed by atoms with E-state index in [0.29, 0.717) is 19.6 Å². The Morgan fingerprint density at radius 3 is 2.33 bits per heavy atom. The second kappa shape index (κ2) is 15.4. The Morgan fingerprint density at radius 2 is 1.73 bits per heavy atom. The van der Waals surface area contributed by atoms with Gasteiger partial charge in [-0.25, -0.2) is 4.79 Å². The smallest absolute Gasteiger partial charge is 0.326 e. The number of ketones is 2. The molecule has 0 aromatic carbocycles. The summed E-state index contributed by atoms with van der Waals surface area (Å²) in [5, 5.41) is 14.7. The highest BCUT2D eigenvalue weighted by molar-refractivity contribution is 5.85. The Kier molecular flexibility index (Phi) is 14.1. The molecular formula is C19H32N4O7. The Hall–Kier alpha value is -2.49. The molecule has 30 heavy (non-hydrogen) atoms. The molecule has 0 saturated carbocycles. The molecule has 0 unspecified atom stereocenters. The van der Waals surface area contributed by atoms with Gasteiger partial charge in [0.15, 0.2) is 5.78 Å². The molecule has 0 aromatic rings. The monoisotopic (exact) mass is 428 g/mol. The van der Waals surface area contributed by atoms with Crippen molar-refractivity contribution >= 4 is 23.4 Å². The van der Waals surface area contributed by atoms with Crippen molar-refractivity contribution in [1.82, 2.24) is 5.32 Å². The first kappa shape index (κ1) is 27.5. The van der Waals surface area contributed by atoms with Crippen molar-refractivity contribution in [3.05, 3.63) is 10.4 Å². The Bertz CT molecular complexity index is 625. The zero-order chi connectivity index (χ0) is 23.0. The summed E-state index contributed by atoms with van der Waals surface area (Å²) in [6.45, 7) is 6.40. The molecular weight excluding hydrogens is 396 g/mol. The minimum Gasteiger partial charge on any atom is -0.480 e. The number of hydrogen-bond acceptors (Lipinski definition) is 7. The summed E-state index contributed by atoms with van der Waals surface area (Å²) in [5.41, 5.74) is 7.72. The largest absolute Gasteiger partial charge is 0.480 e. The van der Waals surface area contributed by atoms with Crippen molar-refractivity contribution in [3.63, 3.8) is 0 Å². The summed E-state index contributed by atoms with van der Waals surface area (Å²) >= 11 is 0. The minimum absolute atomic E-state index is 0.0135. The van der Waals surface area contributed by atoms with Crippen LogP contribution in [0.1, 0.15) is 52.9 Å². The molecule has 0 aliphatic rings. The average molecular weight is 428 g/mol. The van der Waals surface area contributed by atoms with Crippen molar-refractivity contribution in [2.45, 2.75) is 58.9 Å². The highest BCUT2D eigenvalue weighted by Crippen LogP contribution is 2.14. The van der Waals surface area contributed by atoms with Gasteiger partial charge in [-0.2, -0.15) is 0 Å². The first-order valence-electron chi connectivity index (χ1n) is 9.81. The standard InChI is InChI=1S/C19H32N4O7/c1-19(2,3)16(25)13-30-12-11-29-10-4-5-14(24)6-7-15(18(27)28)22-17(26)8-9-21-23-20/h15H,4-13H2,1-3H3,(H,22,26)(H,27,28)/t15-/m1/s1. The predicted octanol–water partition coefficient (Wildman–Crippen LogP) is 2.03. The van der Waals surface area contributed by atoms with E-state index in [1.54, 1.807) is 0 Å². The van der Waals surface area contributed by atoms with Gasteiger partial charge in [-0.15, -0.1) is 0 Å². The lowest BCUT2D eigenvalue weighted by Crippen LogP contribution is -2.41. The molecule has 11 heteroatoms. The average Bonchev–Trinajstić information content (AvgIpc) is 2.66. The molecule has 170 valence electrons. The lowest BCUT2D eigenvalue weighted by atomic mass is 9.91. The van der Waals surface area contributed by atoms with Gasteiger partial charge in [0.05, 0.1) is 13.2 Å². The van der Waals surface area contributed by atoms with E-state index in [9.17, 15) is 19.2 Å². The molecule has 0 aliphatic carbocycles. The molecule has 0 fully saturated rings. The van der Waals surface area contributed by atoms with Crippen LogP contribution in [0.4, 0.5) is 0 Å². The van der Waals surface area contributed by atoms with Crippen molar-refractivity contribution in [2.24, 2.45) is 10.5 Å². The van der Waals surface area contributed by atoms with Crippen molar-refractivity contribution in [1.29, 1.82) is 0 Å². The Morgan fingerprint density at radius 1 is 1.07 bits per heavy atom. The fourth-order valence-corrected chi connectivity index (χ4v) is 2.12. The van der Waals surface area contributed by atoms with E-state index in [2.05, 4.69) is 15.3 Å². The van der Waals surface area contributed by atoms with E-state index in [-0.39, 0.29) is 57.0 Å². The van der Waals surface area contributed by atoms with E-state index in [1.165, 1.54) is 0 Å². The number of aliphatic carboxylic acids is 1. The van der Waals surface area contributed by atoms with Gasteiger partial charge >= 0.3 is 5.97 Å². The summed E-state index contributed by atoms with van der Waals surface area (Å²) < 4.78 is 10.6. The van der Waals surface area contributed by atoms with Gasteiger partial charge in [0.1, 0.15) is 18.4 Å². The number of amides is 1. The summed E-state index contributed by atoms with van der Waals surface area (Å²) in [7, 11) is 0. The van der Waals surface area contributed by atoms with Crippen LogP contribution in [0.15, 0.2) is 5.11 Å². The third-order valence-electron chi connectivity index (χ3n) is 4.03. The highest BCUT2D eigenvalue weighted by Gasteiger charge is 2.21. The molecule has 0 rings (SSSR count). The van der Waals surface area contributed by atoms with Crippen LogP contribution in [0, 0.1) is 5.41 Å². The Balaban J connectivity index is 3.88. The molecule has 0 heterocycles. The van der Waals surface area contributed by atoms with E-state index < -0.39 is 23.3 Å². The zero-order valence-corrected chi connectivity index (χ0v) is 17.9. The maximum Gasteiger partial charge on any atom is 0.326 e. The van der Waals surface area contributed by atoms with Crippen molar-refractivity contribution in [2.75, 3.05) is 33.0 Å². The summed E-state index contributed by atoms with van der Waals surface area (Å²) in [6, 6.07) is -1.17. The number of hydrogen-bond donors (Lipinski definition) is 2. The number of ether oxygens (including phenoxy) is 2. The van der Waals surface area contributed by atoms with Gasteiger partial charge < -0.3 is 19.9 Å². The first-order valence-corrected chi connectivity index (χ1v) is 9.81. The highest BCUT2D eigenvalue weighted by atomic mass is 16.5. The number of nitrogens with zero attached hydrogens (tertiary/aromatic N) is 3. The van der Waals surface area contributed by atoms with E-state index in [4.69, 9.17) is 20.1 Å². The summed E-state index contributed by atoms with van der Waals surface area (Å²) in [6.07, 6.45) is 0.604. The predicted molar refractivity (Wildman–Crippen MR) is 108 cm³/mol. The molecule has 11 nitrogen and oxygen atoms in total. The van der Waals surface area contributed by atoms with E-state index in [0.717, 1.165) is 0 Å². The van der Waals surface area contributed by atoms with Gasteiger partial charge in [-0.3, -0.25) is 14.4 Å². The lowest BCUT2D eigenvalue weighted by molar-refractivity contribution is -0.142. The third-order valence-corrected chi connectivity index (χ3v) is 4.03. The zero-order valence-electron chi connectivity index (χ0n) is 17.9. The number of carbonyl (C=O) groups excluding carboxylic acids is 3. The molecule has 0 aliphatic heterocycles.